The molecule has 0 spiro atoms. The van der Waals surface area contributed by atoms with Crippen molar-refractivity contribution in [3.05, 3.63) is 64.6 Å². The minimum atomic E-state index is -0.436. The first kappa shape index (κ1) is 21.2. The average molecular weight is 436 g/mol. The van der Waals surface area contributed by atoms with Crippen LogP contribution in [0.3, 0.4) is 0 Å². The van der Waals surface area contributed by atoms with E-state index in [4.69, 9.17) is 0 Å². The van der Waals surface area contributed by atoms with E-state index in [9.17, 15) is 14.4 Å². The Morgan fingerprint density at radius 2 is 1.81 bits per heavy atom. The lowest BCUT2D eigenvalue weighted by atomic mass is 10.1. The molecule has 0 bridgehead atoms. The Kier molecular flexibility index (Phi) is 6.42. The normalized spacial score (nSPS) is 18.0. The van der Waals surface area contributed by atoms with Gasteiger partial charge in [-0.15, -0.1) is 0 Å². The number of hydrogen-bond acceptors (Lipinski definition) is 5. The fourth-order valence-corrected chi connectivity index (χ4v) is 4.63. The minimum Gasteiger partial charge on any atom is -0.372 e. The predicted molar refractivity (Wildman–Crippen MR) is 125 cm³/mol. The smallest absolute Gasteiger partial charge is 0.294 e. The van der Waals surface area contributed by atoms with Gasteiger partial charge in [-0.25, -0.2) is 0 Å². The first-order valence-corrected chi connectivity index (χ1v) is 11.3. The molecular formula is C24H25N3O3S. The molecule has 1 N–H and O–H groups in total. The number of nitrogens with one attached hydrogen (secondary N) is 1. The van der Waals surface area contributed by atoms with Crippen LogP contribution >= 0.6 is 11.8 Å². The van der Waals surface area contributed by atoms with Crippen LogP contribution in [0.4, 0.5) is 16.2 Å². The van der Waals surface area contributed by atoms with Gasteiger partial charge in [0.1, 0.15) is 6.54 Å². The molecule has 2 heterocycles. The van der Waals surface area contributed by atoms with E-state index in [1.54, 1.807) is 12.1 Å². The number of amides is 3. The van der Waals surface area contributed by atoms with Crippen LogP contribution in [-0.2, 0) is 9.59 Å². The van der Waals surface area contributed by atoms with Gasteiger partial charge in [0.15, 0.2) is 0 Å². The van der Waals surface area contributed by atoms with Gasteiger partial charge in [-0.1, -0.05) is 24.3 Å². The summed E-state index contributed by atoms with van der Waals surface area (Å²) in [5, 5.41) is 2.30. The Balaban J connectivity index is 1.40. The van der Waals surface area contributed by atoms with Gasteiger partial charge in [-0.3, -0.25) is 19.3 Å². The van der Waals surface area contributed by atoms with Crippen LogP contribution in [0.1, 0.15) is 30.4 Å². The summed E-state index contributed by atoms with van der Waals surface area (Å²) in [7, 11) is 0. The van der Waals surface area contributed by atoms with Crippen molar-refractivity contribution in [1.82, 2.24) is 4.90 Å². The van der Waals surface area contributed by atoms with E-state index in [-0.39, 0.29) is 6.54 Å². The summed E-state index contributed by atoms with van der Waals surface area (Å²) in [5.41, 5.74) is 3.69. The minimum absolute atomic E-state index is 0.302. The summed E-state index contributed by atoms with van der Waals surface area (Å²) in [6.07, 6.45) is 5.43. The molecule has 0 aromatic heterocycles. The lowest BCUT2D eigenvalue weighted by Crippen LogP contribution is -2.36. The number of imide groups is 1. The quantitative estimate of drug-likeness (QED) is 0.692. The van der Waals surface area contributed by atoms with Crippen molar-refractivity contribution in [2.45, 2.75) is 26.2 Å². The van der Waals surface area contributed by atoms with Crippen molar-refractivity contribution in [3.63, 3.8) is 0 Å². The Morgan fingerprint density at radius 3 is 2.52 bits per heavy atom. The van der Waals surface area contributed by atoms with Crippen molar-refractivity contribution < 1.29 is 14.4 Å². The highest BCUT2D eigenvalue weighted by molar-refractivity contribution is 8.18. The van der Waals surface area contributed by atoms with Crippen molar-refractivity contribution >= 4 is 46.3 Å². The number of hydrogen-bond donors (Lipinski definition) is 1. The van der Waals surface area contributed by atoms with Crippen molar-refractivity contribution in [1.29, 1.82) is 0 Å². The highest BCUT2D eigenvalue weighted by Crippen LogP contribution is 2.32. The van der Waals surface area contributed by atoms with E-state index >= 15 is 0 Å². The van der Waals surface area contributed by atoms with Crippen LogP contribution in [0.15, 0.2) is 53.4 Å². The summed E-state index contributed by atoms with van der Waals surface area (Å²) in [4.78, 5) is 41.1. The third-order valence-electron chi connectivity index (χ3n) is 5.39. The van der Waals surface area contributed by atoms with Gasteiger partial charge >= 0.3 is 0 Å². The number of aryl methyl sites for hydroxylation is 1. The van der Waals surface area contributed by atoms with E-state index in [2.05, 4.69) is 22.3 Å². The molecule has 2 aromatic carbocycles. The van der Waals surface area contributed by atoms with E-state index in [0.717, 1.165) is 40.9 Å². The molecule has 2 aromatic rings. The fourth-order valence-electron chi connectivity index (χ4n) is 3.79. The van der Waals surface area contributed by atoms with Crippen LogP contribution in [0.5, 0.6) is 0 Å². The monoisotopic (exact) mass is 435 g/mol. The number of thioether (sulfide) groups is 1. The van der Waals surface area contributed by atoms with Crippen LogP contribution in [0, 0.1) is 6.92 Å². The molecule has 0 aliphatic carbocycles. The standard InChI is InChI=1S/C24H25N3O3S/c1-17-6-5-7-19(14-17)25-22(28)16-27-23(29)21(31-24(27)30)15-18-8-10-20(11-9-18)26-12-3-2-4-13-26/h5-11,14-15H,2-4,12-13,16H2,1H3,(H,25,28)/b21-15-. The van der Waals surface area contributed by atoms with Crippen LogP contribution in [-0.4, -0.2) is 41.6 Å². The van der Waals surface area contributed by atoms with Crippen molar-refractivity contribution in [2.75, 3.05) is 29.9 Å². The highest BCUT2D eigenvalue weighted by Gasteiger charge is 2.36. The molecule has 0 unspecified atom stereocenters. The maximum atomic E-state index is 12.7. The van der Waals surface area contributed by atoms with Gasteiger partial charge in [-0.05, 0) is 79.4 Å². The molecule has 2 aliphatic heterocycles. The van der Waals surface area contributed by atoms with Crippen molar-refractivity contribution in [2.24, 2.45) is 0 Å². The largest absolute Gasteiger partial charge is 0.372 e. The second-order valence-corrected chi connectivity index (χ2v) is 8.82. The van der Waals surface area contributed by atoms with Gasteiger partial charge in [-0.2, -0.15) is 0 Å². The number of carbonyl (C=O) groups excluding carboxylic acids is 3. The number of nitrogens with zero attached hydrogens (tertiary/aromatic N) is 2. The highest BCUT2D eigenvalue weighted by atomic mass is 32.2. The number of benzene rings is 2. The number of carbonyl (C=O) groups is 3. The molecule has 31 heavy (non-hydrogen) atoms. The zero-order chi connectivity index (χ0) is 21.8. The molecule has 6 nitrogen and oxygen atoms in total. The molecule has 7 heteroatoms. The third-order valence-corrected chi connectivity index (χ3v) is 6.30. The Morgan fingerprint density at radius 1 is 1.06 bits per heavy atom. The van der Waals surface area contributed by atoms with E-state index in [1.807, 2.05) is 37.3 Å². The maximum Gasteiger partial charge on any atom is 0.294 e. The summed E-state index contributed by atoms with van der Waals surface area (Å²) in [6.45, 7) is 3.77. The first-order chi connectivity index (χ1) is 15.0. The molecule has 0 radical (unpaired) electrons. The van der Waals surface area contributed by atoms with Gasteiger partial charge in [0.05, 0.1) is 4.91 Å². The second-order valence-electron chi connectivity index (χ2n) is 7.82. The molecule has 3 amide bonds. The van der Waals surface area contributed by atoms with E-state index in [0.29, 0.717) is 10.6 Å². The summed E-state index contributed by atoms with van der Waals surface area (Å²) < 4.78 is 0. The summed E-state index contributed by atoms with van der Waals surface area (Å²) in [6, 6.07) is 15.4. The Hall–Kier alpha value is -3.06. The molecule has 0 saturated carbocycles. The zero-order valence-electron chi connectivity index (χ0n) is 17.5. The third kappa shape index (κ3) is 5.17. The van der Waals surface area contributed by atoms with Crippen LogP contribution in [0.2, 0.25) is 0 Å². The van der Waals surface area contributed by atoms with Crippen LogP contribution < -0.4 is 10.2 Å². The van der Waals surface area contributed by atoms with Gasteiger partial charge in [0.25, 0.3) is 11.1 Å². The Bertz CT molecular complexity index is 1030. The average Bonchev–Trinajstić information content (AvgIpc) is 3.02. The number of piperidine rings is 1. The molecule has 4 rings (SSSR count). The van der Waals surface area contributed by atoms with E-state index < -0.39 is 17.1 Å². The number of anilines is 2. The molecule has 2 aliphatic rings. The fraction of sp³-hybridized carbons (Fsp3) is 0.292. The zero-order valence-corrected chi connectivity index (χ0v) is 18.3. The second kappa shape index (κ2) is 9.39. The molecule has 2 fully saturated rings. The SMILES string of the molecule is Cc1cccc(NC(=O)CN2C(=O)S/C(=C\c3ccc(N4CCCCC4)cc3)C2=O)c1. The van der Waals surface area contributed by atoms with Crippen molar-refractivity contribution in [3.8, 4) is 0 Å². The lowest BCUT2D eigenvalue weighted by Gasteiger charge is -2.28. The lowest BCUT2D eigenvalue weighted by molar-refractivity contribution is -0.127. The molecule has 0 atom stereocenters. The topological polar surface area (TPSA) is 69.7 Å². The van der Waals surface area contributed by atoms with Crippen LogP contribution in [0.25, 0.3) is 6.08 Å². The maximum absolute atomic E-state index is 12.7. The molecule has 2 saturated heterocycles. The summed E-state index contributed by atoms with van der Waals surface area (Å²) in [5.74, 6) is -0.838. The van der Waals surface area contributed by atoms with Gasteiger partial charge in [0.2, 0.25) is 5.91 Å². The van der Waals surface area contributed by atoms with E-state index in [1.165, 1.54) is 24.9 Å². The number of rotatable bonds is 5. The Labute approximate surface area is 186 Å². The molecular weight excluding hydrogens is 410 g/mol. The van der Waals surface area contributed by atoms with Gasteiger partial charge in [0, 0.05) is 24.5 Å². The summed E-state index contributed by atoms with van der Waals surface area (Å²) >= 11 is 0.868. The predicted octanol–water partition coefficient (Wildman–Crippen LogP) is 4.66. The van der Waals surface area contributed by atoms with Gasteiger partial charge < -0.3 is 10.2 Å². The first-order valence-electron chi connectivity index (χ1n) is 10.5. The molecule has 160 valence electrons.